The van der Waals surface area contributed by atoms with E-state index < -0.39 is 0 Å². The standard InChI is InChI=1S/C21H15BrN6S/c1-13-8-15(27-21-17-9-14(22)2-4-18(17)23-11-25-21)3-5-19(13)29-16-6-7-28-20(10-16)24-12-26-28/h2-12H,1H3,(H,23,25,27). The van der Waals surface area contributed by atoms with Gasteiger partial charge in [0.15, 0.2) is 5.65 Å². The first-order chi connectivity index (χ1) is 14.2. The van der Waals surface area contributed by atoms with Crippen molar-refractivity contribution in [1.29, 1.82) is 0 Å². The molecular formula is C21H15BrN6S. The molecule has 0 spiro atoms. The Kier molecular flexibility index (Phi) is 4.65. The fourth-order valence-corrected chi connectivity index (χ4v) is 4.36. The summed E-state index contributed by atoms with van der Waals surface area (Å²) in [5.74, 6) is 0.786. The molecule has 5 aromatic rings. The summed E-state index contributed by atoms with van der Waals surface area (Å²) < 4.78 is 2.75. The zero-order chi connectivity index (χ0) is 19.8. The average Bonchev–Trinajstić information content (AvgIpc) is 3.18. The Morgan fingerprint density at radius 3 is 2.79 bits per heavy atom. The van der Waals surface area contributed by atoms with Crippen molar-refractivity contribution in [3.05, 3.63) is 77.4 Å². The van der Waals surface area contributed by atoms with Gasteiger partial charge in [-0.15, -0.1) is 0 Å². The SMILES string of the molecule is Cc1cc(Nc2ncnc3ccc(Br)cc23)ccc1Sc1ccn2ncnc2c1. The molecule has 0 fully saturated rings. The Balaban J connectivity index is 1.42. The van der Waals surface area contributed by atoms with E-state index >= 15 is 0 Å². The summed E-state index contributed by atoms with van der Waals surface area (Å²) >= 11 is 5.23. The predicted octanol–water partition coefficient (Wildman–Crippen LogP) is 5.64. The molecule has 3 aromatic heterocycles. The summed E-state index contributed by atoms with van der Waals surface area (Å²) in [6.45, 7) is 2.11. The van der Waals surface area contributed by atoms with Crippen LogP contribution in [0.4, 0.5) is 11.5 Å². The van der Waals surface area contributed by atoms with E-state index in [2.05, 4.69) is 66.4 Å². The molecule has 0 saturated heterocycles. The Morgan fingerprint density at radius 2 is 1.90 bits per heavy atom. The van der Waals surface area contributed by atoms with Crippen LogP contribution in [0, 0.1) is 6.92 Å². The molecule has 0 unspecified atom stereocenters. The molecule has 142 valence electrons. The molecule has 0 aliphatic rings. The van der Waals surface area contributed by atoms with Gasteiger partial charge in [-0.25, -0.2) is 19.5 Å². The van der Waals surface area contributed by atoms with Gasteiger partial charge in [-0.05, 0) is 61.0 Å². The van der Waals surface area contributed by atoms with Crippen LogP contribution < -0.4 is 5.32 Å². The Morgan fingerprint density at radius 1 is 0.966 bits per heavy atom. The molecule has 0 saturated carbocycles. The second kappa shape index (κ2) is 7.46. The van der Waals surface area contributed by atoms with Crippen molar-refractivity contribution in [2.24, 2.45) is 0 Å². The normalized spacial score (nSPS) is 11.2. The molecule has 0 radical (unpaired) electrons. The van der Waals surface area contributed by atoms with Crippen molar-refractivity contribution in [3.63, 3.8) is 0 Å². The van der Waals surface area contributed by atoms with Gasteiger partial charge in [0.25, 0.3) is 0 Å². The molecule has 0 bridgehead atoms. The third-order valence-corrected chi connectivity index (χ3v) is 6.18. The maximum absolute atomic E-state index is 4.42. The summed E-state index contributed by atoms with van der Waals surface area (Å²) in [6.07, 6.45) is 5.06. The van der Waals surface area contributed by atoms with Crippen molar-refractivity contribution in [1.82, 2.24) is 24.6 Å². The highest BCUT2D eigenvalue weighted by Gasteiger charge is 2.08. The fourth-order valence-electron chi connectivity index (χ4n) is 3.09. The van der Waals surface area contributed by atoms with Crippen LogP contribution in [-0.2, 0) is 0 Å². The summed E-state index contributed by atoms with van der Waals surface area (Å²) in [7, 11) is 0. The number of aromatic nitrogens is 5. The minimum Gasteiger partial charge on any atom is -0.340 e. The first-order valence-electron chi connectivity index (χ1n) is 8.91. The molecule has 1 N–H and O–H groups in total. The number of rotatable bonds is 4. The number of aryl methyl sites for hydroxylation is 1. The summed E-state index contributed by atoms with van der Waals surface area (Å²) in [5, 5.41) is 8.53. The number of hydrogen-bond acceptors (Lipinski definition) is 6. The van der Waals surface area contributed by atoms with Crippen molar-refractivity contribution in [2.45, 2.75) is 16.7 Å². The van der Waals surface area contributed by atoms with Crippen LogP contribution in [0.3, 0.4) is 0 Å². The van der Waals surface area contributed by atoms with Crippen molar-refractivity contribution < 1.29 is 0 Å². The molecule has 5 rings (SSSR count). The molecule has 2 aromatic carbocycles. The Labute approximate surface area is 179 Å². The number of fused-ring (bicyclic) bond motifs is 2. The molecule has 0 amide bonds. The highest BCUT2D eigenvalue weighted by Crippen LogP contribution is 2.33. The number of hydrogen-bond donors (Lipinski definition) is 1. The lowest BCUT2D eigenvalue weighted by Gasteiger charge is -2.11. The number of nitrogens with one attached hydrogen (secondary N) is 1. The van der Waals surface area contributed by atoms with Gasteiger partial charge in [0, 0.05) is 31.5 Å². The van der Waals surface area contributed by atoms with Gasteiger partial charge >= 0.3 is 0 Å². The molecule has 0 atom stereocenters. The van der Waals surface area contributed by atoms with Gasteiger partial charge in [0.2, 0.25) is 0 Å². The molecule has 8 heteroatoms. The van der Waals surface area contributed by atoms with Crippen LogP contribution in [0.2, 0.25) is 0 Å². The Hall–Kier alpha value is -2.97. The molecular weight excluding hydrogens is 448 g/mol. The third-order valence-electron chi connectivity index (χ3n) is 4.51. The summed E-state index contributed by atoms with van der Waals surface area (Å²) in [4.78, 5) is 15.3. The monoisotopic (exact) mass is 462 g/mol. The summed E-state index contributed by atoms with van der Waals surface area (Å²) in [5.41, 5.74) is 3.91. The smallest absolute Gasteiger partial charge is 0.156 e. The fraction of sp³-hybridized carbons (Fsp3) is 0.0476. The van der Waals surface area contributed by atoms with Crippen LogP contribution in [0.15, 0.2) is 81.6 Å². The molecule has 0 aliphatic carbocycles. The second-order valence-electron chi connectivity index (χ2n) is 6.52. The number of halogens is 1. The quantitative estimate of drug-likeness (QED) is 0.372. The number of benzene rings is 2. The van der Waals surface area contributed by atoms with Gasteiger partial charge < -0.3 is 5.32 Å². The van der Waals surface area contributed by atoms with E-state index in [4.69, 9.17) is 0 Å². The van der Waals surface area contributed by atoms with E-state index in [-0.39, 0.29) is 0 Å². The van der Waals surface area contributed by atoms with Crippen molar-refractivity contribution in [3.8, 4) is 0 Å². The van der Waals surface area contributed by atoms with Crippen LogP contribution >= 0.6 is 27.7 Å². The highest BCUT2D eigenvalue weighted by molar-refractivity contribution is 9.10. The maximum Gasteiger partial charge on any atom is 0.156 e. The van der Waals surface area contributed by atoms with Crippen molar-refractivity contribution >= 4 is 55.7 Å². The largest absolute Gasteiger partial charge is 0.340 e. The minimum absolute atomic E-state index is 0.786. The van der Waals surface area contributed by atoms with E-state index in [0.29, 0.717) is 0 Å². The van der Waals surface area contributed by atoms with Crippen LogP contribution in [0.5, 0.6) is 0 Å². The van der Waals surface area contributed by atoms with E-state index in [1.165, 1.54) is 10.5 Å². The van der Waals surface area contributed by atoms with E-state index in [1.54, 1.807) is 28.9 Å². The zero-order valence-electron chi connectivity index (χ0n) is 15.4. The first-order valence-corrected chi connectivity index (χ1v) is 10.5. The van der Waals surface area contributed by atoms with Crippen LogP contribution in [-0.4, -0.2) is 24.6 Å². The number of nitrogens with zero attached hydrogens (tertiary/aromatic N) is 5. The van der Waals surface area contributed by atoms with E-state index in [9.17, 15) is 0 Å². The van der Waals surface area contributed by atoms with E-state index in [1.807, 2.05) is 36.5 Å². The third kappa shape index (κ3) is 3.68. The van der Waals surface area contributed by atoms with Gasteiger partial charge in [0.1, 0.15) is 18.5 Å². The van der Waals surface area contributed by atoms with Crippen LogP contribution in [0.1, 0.15) is 5.56 Å². The molecule has 29 heavy (non-hydrogen) atoms. The topological polar surface area (TPSA) is 68.0 Å². The molecule has 3 heterocycles. The highest BCUT2D eigenvalue weighted by atomic mass is 79.9. The minimum atomic E-state index is 0.786. The lowest BCUT2D eigenvalue weighted by atomic mass is 10.2. The second-order valence-corrected chi connectivity index (χ2v) is 8.55. The molecule has 6 nitrogen and oxygen atoms in total. The summed E-state index contributed by atoms with van der Waals surface area (Å²) in [6, 6.07) is 16.4. The Bertz CT molecular complexity index is 1350. The number of pyridine rings is 1. The van der Waals surface area contributed by atoms with Gasteiger partial charge in [-0.2, -0.15) is 5.10 Å². The zero-order valence-corrected chi connectivity index (χ0v) is 17.8. The first kappa shape index (κ1) is 18.1. The maximum atomic E-state index is 4.42. The van der Waals surface area contributed by atoms with E-state index in [0.717, 1.165) is 37.4 Å². The lowest BCUT2D eigenvalue weighted by Crippen LogP contribution is -1.96. The predicted molar refractivity (Wildman–Crippen MR) is 119 cm³/mol. The van der Waals surface area contributed by atoms with Crippen molar-refractivity contribution in [2.75, 3.05) is 5.32 Å². The van der Waals surface area contributed by atoms with Crippen LogP contribution in [0.25, 0.3) is 16.6 Å². The molecule has 0 aliphatic heterocycles. The van der Waals surface area contributed by atoms with Gasteiger partial charge in [0.05, 0.1) is 5.52 Å². The number of anilines is 2. The lowest BCUT2D eigenvalue weighted by molar-refractivity contribution is 0.953. The van der Waals surface area contributed by atoms with Gasteiger partial charge in [-0.1, -0.05) is 27.7 Å². The van der Waals surface area contributed by atoms with Gasteiger partial charge in [-0.3, -0.25) is 0 Å². The average molecular weight is 463 g/mol.